The summed E-state index contributed by atoms with van der Waals surface area (Å²) in [6.07, 6.45) is 20.9. The third-order valence-electron chi connectivity index (χ3n) is 5.82. The number of unbranched alkanes of at least 4 members (excludes halogenated alkanes) is 14. The van der Waals surface area contributed by atoms with Crippen LogP contribution in [0.15, 0.2) is 0 Å². The first-order chi connectivity index (χ1) is 15.7. The van der Waals surface area contributed by atoms with E-state index in [1.165, 1.54) is 96.3 Å². The van der Waals surface area contributed by atoms with E-state index < -0.39 is 7.82 Å². The molecule has 0 bridgehead atoms. The van der Waals surface area contributed by atoms with Crippen molar-refractivity contribution in [2.24, 2.45) is 5.92 Å². The van der Waals surface area contributed by atoms with Gasteiger partial charge in [-0.2, -0.15) is 11.8 Å². The van der Waals surface area contributed by atoms with Gasteiger partial charge in [-0.05, 0) is 23.8 Å². The Balaban J connectivity index is 3.38. The van der Waals surface area contributed by atoms with Crippen LogP contribution in [0, 0.1) is 5.92 Å². The monoisotopic (exact) mass is 509 g/mol. The summed E-state index contributed by atoms with van der Waals surface area (Å²) >= 11 is 1.90. The second-order valence-corrected chi connectivity index (χ2v) is 13.3. The third kappa shape index (κ3) is 26.9. The molecule has 0 aromatic carbocycles. The van der Waals surface area contributed by atoms with Crippen molar-refractivity contribution in [3.05, 3.63) is 0 Å². The number of rotatable bonds is 25. The summed E-state index contributed by atoms with van der Waals surface area (Å²) in [6, 6.07) is 0. The van der Waals surface area contributed by atoms with Crippen LogP contribution in [0.4, 0.5) is 0 Å². The van der Waals surface area contributed by atoms with Gasteiger partial charge < -0.3 is 18.4 Å². The topological polar surface area (TPSA) is 58.6 Å². The van der Waals surface area contributed by atoms with Gasteiger partial charge in [0.15, 0.2) is 0 Å². The number of phosphoric ester groups is 1. The molecule has 0 fully saturated rings. The van der Waals surface area contributed by atoms with E-state index in [0.29, 0.717) is 11.0 Å². The highest BCUT2D eigenvalue weighted by Gasteiger charge is 2.15. The SMILES string of the molecule is CCCCCCCCCCCCCCCCCSCC(C)COP(=O)([O-])OCC[N+](C)(C)C. The Hall–Kier alpha value is 0.420. The van der Waals surface area contributed by atoms with Gasteiger partial charge in [-0.15, -0.1) is 0 Å². The fraction of sp³-hybridized carbons (Fsp3) is 1.00. The molecule has 0 saturated carbocycles. The average molecular weight is 510 g/mol. The summed E-state index contributed by atoms with van der Waals surface area (Å²) < 4.78 is 22.5. The molecule has 0 aliphatic heterocycles. The molecule has 5 nitrogen and oxygen atoms in total. The minimum Gasteiger partial charge on any atom is -0.756 e. The molecule has 2 atom stereocenters. The molecule has 33 heavy (non-hydrogen) atoms. The second-order valence-electron chi connectivity index (χ2n) is 10.7. The van der Waals surface area contributed by atoms with Crippen molar-refractivity contribution in [2.75, 3.05) is 52.4 Å². The van der Waals surface area contributed by atoms with E-state index in [0.717, 1.165) is 11.5 Å². The first kappa shape index (κ1) is 33.4. The van der Waals surface area contributed by atoms with Crippen molar-refractivity contribution >= 4 is 19.6 Å². The van der Waals surface area contributed by atoms with E-state index in [1.807, 2.05) is 39.8 Å². The summed E-state index contributed by atoms with van der Waals surface area (Å²) in [7, 11) is 1.81. The molecule has 0 rings (SSSR count). The number of hydrogen-bond donors (Lipinski definition) is 0. The van der Waals surface area contributed by atoms with Crippen LogP contribution < -0.4 is 4.89 Å². The maximum atomic E-state index is 11.8. The average Bonchev–Trinajstić information content (AvgIpc) is 2.73. The van der Waals surface area contributed by atoms with Crippen molar-refractivity contribution in [3.8, 4) is 0 Å². The van der Waals surface area contributed by atoms with E-state index >= 15 is 0 Å². The van der Waals surface area contributed by atoms with Gasteiger partial charge in [0.1, 0.15) is 13.2 Å². The molecule has 0 aliphatic rings. The lowest BCUT2D eigenvalue weighted by molar-refractivity contribution is -0.870. The predicted octanol–water partition coefficient (Wildman–Crippen LogP) is 7.43. The number of quaternary nitrogens is 1. The summed E-state index contributed by atoms with van der Waals surface area (Å²) in [5.74, 6) is 2.28. The third-order valence-corrected chi connectivity index (χ3v) is 8.17. The molecule has 0 heterocycles. The van der Waals surface area contributed by atoms with Crippen molar-refractivity contribution < 1.29 is 23.0 Å². The van der Waals surface area contributed by atoms with Crippen LogP contribution in [0.25, 0.3) is 0 Å². The Morgan fingerprint density at radius 1 is 0.788 bits per heavy atom. The smallest absolute Gasteiger partial charge is 0.268 e. The van der Waals surface area contributed by atoms with Gasteiger partial charge in [-0.3, -0.25) is 4.57 Å². The molecule has 0 N–H and O–H groups in total. The summed E-state index contributed by atoms with van der Waals surface area (Å²) in [6.45, 7) is 5.30. The zero-order chi connectivity index (χ0) is 24.8. The highest BCUT2D eigenvalue weighted by atomic mass is 32.2. The first-order valence-corrected chi connectivity index (χ1v) is 16.3. The van der Waals surface area contributed by atoms with Crippen LogP contribution in [-0.2, 0) is 13.6 Å². The number of likely N-dealkylation sites (N-methyl/N-ethyl adjacent to an activating group) is 1. The van der Waals surface area contributed by atoms with Gasteiger partial charge >= 0.3 is 0 Å². The predicted molar refractivity (Wildman–Crippen MR) is 144 cm³/mol. The van der Waals surface area contributed by atoms with Gasteiger partial charge in [0.05, 0.1) is 27.7 Å². The molecule has 0 spiro atoms. The molecular formula is C26H56NO4PS. The fourth-order valence-corrected chi connectivity index (χ4v) is 5.48. The molecule has 0 radical (unpaired) electrons. The lowest BCUT2D eigenvalue weighted by atomic mass is 10.0. The molecule has 200 valence electrons. The van der Waals surface area contributed by atoms with E-state index in [4.69, 9.17) is 9.05 Å². The molecule has 2 unspecified atom stereocenters. The highest BCUT2D eigenvalue weighted by Crippen LogP contribution is 2.38. The Morgan fingerprint density at radius 3 is 1.70 bits per heavy atom. The normalized spacial score (nSPS) is 15.0. The Bertz CT molecular complexity index is 474. The van der Waals surface area contributed by atoms with Gasteiger partial charge in [0.25, 0.3) is 7.82 Å². The van der Waals surface area contributed by atoms with Gasteiger partial charge in [0, 0.05) is 0 Å². The zero-order valence-electron chi connectivity index (χ0n) is 22.7. The maximum Gasteiger partial charge on any atom is 0.268 e. The van der Waals surface area contributed by atoms with E-state index in [1.54, 1.807) is 0 Å². The minimum atomic E-state index is -4.18. The van der Waals surface area contributed by atoms with Gasteiger partial charge in [-0.25, -0.2) is 0 Å². The molecule has 0 aliphatic carbocycles. The van der Waals surface area contributed by atoms with Crippen molar-refractivity contribution in [2.45, 2.75) is 110 Å². The van der Waals surface area contributed by atoms with Crippen LogP contribution in [-0.4, -0.2) is 56.9 Å². The minimum absolute atomic E-state index is 0.159. The lowest BCUT2D eigenvalue weighted by Crippen LogP contribution is -2.37. The zero-order valence-corrected chi connectivity index (χ0v) is 24.4. The van der Waals surface area contributed by atoms with Crippen LogP contribution >= 0.6 is 19.6 Å². The van der Waals surface area contributed by atoms with Crippen LogP contribution in [0.5, 0.6) is 0 Å². The molecule has 0 saturated heterocycles. The Labute approximate surface area is 211 Å². The number of nitrogens with zero attached hydrogens (tertiary/aromatic N) is 1. The van der Waals surface area contributed by atoms with Crippen LogP contribution in [0.3, 0.4) is 0 Å². The van der Waals surface area contributed by atoms with Crippen LogP contribution in [0.1, 0.15) is 110 Å². The fourth-order valence-electron chi connectivity index (χ4n) is 3.59. The van der Waals surface area contributed by atoms with E-state index in [-0.39, 0.29) is 19.1 Å². The molecule has 0 amide bonds. The van der Waals surface area contributed by atoms with Gasteiger partial charge in [0.2, 0.25) is 0 Å². The van der Waals surface area contributed by atoms with Crippen molar-refractivity contribution in [1.82, 2.24) is 0 Å². The highest BCUT2D eigenvalue weighted by molar-refractivity contribution is 7.99. The Kier molecular flexibility index (Phi) is 22.0. The second kappa shape index (κ2) is 21.7. The maximum absolute atomic E-state index is 11.8. The molecular weight excluding hydrogens is 453 g/mol. The number of thioether (sulfide) groups is 1. The summed E-state index contributed by atoms with van der Waals surface area (Å²) in [5.41, 5.74) is 0. The van der Waals surface area contributed by atoms with Crippen molar-refractivity contribution in [1.29, 1.82) is 0 Å². The van der Waals surface area contributed by atoms with Crippen LogP contribution in [0.2, 0.25) is 0 Å². The Morgan fingerprint density at radius 2 is 1.24 bits per heavy atom. The number of hydrogen-bond acceptors (Lipinski definition) is 5. The molecule has 0 aromatic rings. The lowest BCUT2D eigenvalue weighted by Gasteiger charge is -2.27. The molecule has 7 heteroatoms. The van der Waals surface area contributed by atoms with Gasteiger partial charge in [-0.1, -0.05) is 104 Å². The summed E-state index contributed by atoms with van der Waals surface area (Å²) in [4.78, 5) is 11.8. The first-order valence-electron chi connectivity index (χ1n) is 13.6. The quantitative estimate of drug-likeness (QED) is 0.0727. The van der Waals surface area contributed by atoms with Crippen molar-refractivity contribution in [3.63, 3.8) is 0 Å². The standard InChI is InChI=1S/C26H56NO4PS/c1-6-7-8-9-10-11-12-13-14-15-16-17-18-19-20-23-33-25-26(2)24-31-32(28,29)30-22-21-27(3,4)5/h26H,6-25H2,1-5H3. The van der Waals surface area contributed by atoms with E-state index in [2.05, 4.69) is 6.92 Å². The number of phosphoric acid groups is 1. The molecule has 0 aromatic heterocycles. The largest absolute Gasteiger partial charge is 0.756 e. The summed E-state index contributed by atoms with van der Waals surface area (Å²) in [5, 5.41) is 0. The van der Waals surface area contributed by atoms with E-state index in [9.17, 15) is 9.46 Å².